The minimum Gasteiger partial charge on any atom is -0.361 e. The van der Waals surface area contributed by atoms with E-state index in [0.717, 1.165) is 60.8 Å². The molecule has 0 radical (unpaired) electrons. The van der Waals surface area contributed by atoms with Crippen molar-refractivity contribution in [3.05, 3.63) is 139 Å². The maximum absolute atomic E-state index is 12.9. The second-order valence-corrected chi connectivity index (χ2v) is 15.8. The van der Waals surface area contributed by atoms with Crippen LogP contribution in [0.5, 0.6) is 0 Å². The second-order valence-electron chi connectivity index (χ2n) is 14.0. The molecule has 10 nitrogen and oxygen atoms in total. The fourth-order valence-corrected chi connectivity index (χ4v) is 8.22. The molecular weight excluding hydrogens is 850 g/mol. The molecule has 0 saturated carbocycles. The number of nitrogens with zero attached hydrogens (tertiary/aromatic N) is 2. The van der Waals surface area contributed by atoms with Crippen molar-refractivity contribution in [3.63, 3.8) is 0 Å². The van der Waals surface area contributed by atoms with Gasteiger partial charge < -0.3 is 19.3 Å². The number of benzene rings is 4. The summed E-state index contributed by atoms with van der Waals surface area (Å²) in [6.45, 7) is 8.77. The highest BCUT2D eigenvalue weighted by atomic mass is 35.5. The Hall–Kier alpha value is -4.34. The number of rotatable bonds is 12. The molecule has 6 atom stereocenters. The summed E-state index contributed by atoms with van der Waals surface area (Å²) in [4.78, 5) is 62.4. The van der Waals surface area contributed by atoms with Crippen LogP contribution in [0, 0.1) is 0 Å². The second kappa shape index (κ2) is 26.1. The van der Waals surface area contributed by atoms with Crippen LogP contribution in [0.2, 0.25) is 20.1 Å². The van der Waals surface area contributed by atoms with E-state index in [1.54, 1.807) is 0 Å². The fourth-order valence-electron chi connectivity index (χ4n) is 7.72. The third-order valence-electron chi connectivity index (χ3n) is 10.3. The molecule has 2 amide bonds. The number of ether oxygens (including phenoxy) is 2. The predicted octanol–water partition coefficient (Wildman–Crippen LogP) is 11.3. The summed E-state index contributed by atoms with van der Waals surface area (Å²) in [6, 6.07) is 30.8. The Labute approximate surface area is 372 Å². The molecular formula is C46H50Cl4N2O8. The van der Waals surface area contributed by atoms with Gasteiger partial charge in [-0.05, 0) is 96.5 Å². The third-order valence-corrected chi connectivity index (χ3v) is 11.3. The molecule has 4 aromatic carbocycles. The van der Waals surface area contributed by atoms with Gasteiger partial charge in [-0.2, -0.15) is 19.2 Å². The molecule has 1 unspecified atom stereocenters. The van der Waals surface area contributed by atoms with E-state index in [2.05, 4.69) is 27.7 Å². The van der Waals surface area contributed by atoms with Crippen LogP contribution in [0.25, 0.3) is 0 Å². The van der Waals surface area contributed by atoms with Crippen LogP contribution >= 0.6 is 46.4 Å². The molecule has 0 aromatic heterocycles. The van der Waals surface area contributed by atoms with Gasteiger partial charge in [0.05, 0.1) is 12.1 Å². The molecule has 2 heterocycles. The van der Waals surface area contributed by atoms with Gasteiger partial charge in [-0.25, -0.2) is 0 Å². The van der Waals surface area contributed by atoms with Crippen LogP contribution in [0.15, 0.2) is 97.1 Å². The summed E-state index contributed by atoms with van der Waals surface area (Å²) in [5, 5.41) is 2.72. The Morgan fingerprint density at radius 1 is 0.500 bits per heavy atom. The van der Waals surface area contributed by atoms with Crippen molar-refractivity contribution < 1.29 is 38.2 Å². The molecule has 14 heteroatoms. The number of carbonyl (C=O) groups excluding carboxylic acids is 6. The molecule has 320 valence electrons. The normalized spacial score (nSPS) is 19.5. The van der Waals surface area contributed by atoms with Crippen LogP contribution in [0.4, 0.5) is 0 Å². The van der Waals surface area contributed by atoms with Gasteiger partial charge in [0.1, 0.15) is 25.4 Å². The molecule has 2 fully saturated rings. The summed E-state index contributed by atoms with van der Waals surface area (Å²) in [5.74, 6) is 0.0842. The van der Waals surface area contributed by atoms with Gasteiger partial charge in [-0.1, -0.05) is 135 Å². The third kappa shape index (κ3) is 13.8. The van der Waals surface area contributed by atoms with E-state index < -0.39 is 0 Å². The highest BCUT2D eigenvalue weighted by molar-refractivity contribution is 6.31. The molecule has 0 aliphatic carbocycles. The standard InChI is InChI=1S/2C22H25Cl2NO2.2CO2/c2*1-3-5-19(4-2)25-20(26)14-27-22(16-8-12-18(24)13-9-16)21(25)15-6-10-17(23)11-7-15;2*2-1-3/h2*6-13,19,21-22H,3-5,14H2,1-2H3;;/t19-,21+,22?;19-,21+,22-;;/m10../s1. The largest absolute Gasteiger partial charge is 0.373 e. The molecule has 2 aliphatic heterocycles. The van der Waals surface area contributed by atoms with Crippen LogP contribution < -0.4 is 0 Å². The van der Waals surface area contributed by atoms with Gasteiger partial charge in [0.25, 0.3) is 0 Å². The lowest BCUT2D eigenvalue weighted by Crippen LogP contribution is -2.50. The average Bonchev–Trinajstić information content (AvgIpc) is 3.24. The highest BCUT2D eigenvalue weighted by Gasteiger charge is 2.42. The summed E-state index contributed by atoms with van der Waals surface area (Å²) < 4.78 is 12.1. The number of amides is 2. The van der Waals surface area contributed by atoms with E-state index in [0.29, 0.717) is 20.1 Å². The zero-order chi connectivity index (χ0) is 44.2. The lowest BCUT2D eigenvalue weighted by Gasteiger charge is -2.45. The zero-order valence-corrected chi connectivity index (χ0v) is 37.1. The molecule has 2 aliphatic rings. The minimum absolute atomic E-state index is 0.0421. The lowest BCUT2D eigenvalue weighted by atomic mass is 9.90. The summed E-state index contributed by atoms with van der Waals surface area (Å²) in [6.07, 6.45) is 5.84. The molecule has 0 bridgehead atoms. The first-order valence-corrected chi connectivity index (χ1v) is 21.3. The van der Waals surface area contributed by atoms with Crippen molar-refractivity contribution in [2.24, 2.45) is 0 Å². The molecule has 60 heavy (non-hydrogen) atoms. The minimum atomic E-state index is -0.243. The first kappa shape index (κ1) is 50.0. The number of hydrogen-bond acceptors (Lipinski definition) is 8. The lowest BCUT2D eigenvalue weighted by molar-refractivity contribution is -0.193. The quantitative estimate of drug-likeness (QED) is 0.138. The first-order chi connectivity index (χ1) is 28.9. The Morgan fingerprint density at radius 2 is 0.750 bits per heavy atom. The maximum Gasteiger partial charge on any atom is 0.373 e. The number of halogens is 4. The van der Waals surface area contributed by atoms with E-state index in [9.17, 15) is 9.59 Å². The van der Waals surface area contributed by atoms with Gasteiger partial charge in [0, 0.05) is 32.2 Å². The SMILES string of the molecule is CCC[C@@H](CC)N1C(=O)COC(c2ccc(Cl)cc2)[C@@H]1c1ccc(Cl)cc1.CCC[C@H](CC)N1C(=O)CO[C@@H](c2ccc(Cl)cc2)[C@H]1c1ccc(Cl)cc1.O=C=O.O=C=O. The molecule has 0 N–H and O–H groups in total. The summed E-state index contributed by atoms with van der Waals surface area (Å²) >= 11 is 24.3. The molecule has 2 saturated heterocycles. The van der Waals surface area contributed by atoms with E-state index in [1.165, 1.54) is 0 Å². The molecule has 6 rings (SSSR count). The predicted molar refractivity (Wildman–Crippen MR) is 230 cm³/mol. The van der Waals surface area contributed by atoms with Gasteiger partial charge in [-0.3, -0.25) is 9.59 Å². The van der Waals surface area contributed by atoms with Crippen LogP contribution in [0.1, 0.15) is 113 Å². The van der Waals surface area contributed by atoms with Crippen molar-refractivity contribution in [2.75, 3.05) is 13.2 Å². The van der Waals surface area contributed by atoms with Crippen molar-refractivity contribution in [3.8, 4) is 0 Å². The van der Waals surface area contributed by atoms with Crippen molar-refractivity contribution >= 4 is 70.5 Å². The van der Waals surface area contributed by atoms with Gasteiger partial charge in [-0.15, -0.1) is 0 Å². The van der Waals surface area contributed by atoms with Crippen LogP contribution in [-0.4, -0.2) is 59.2 Å². The molecule has 0 spiro atoms. The van der Waals surface area contributed by atoms with Crippen molar-refractivity contribution in [2.45, 2.75) is 103 Å². The van der Waals surface area contributed by atoms with Crippen molar-refractivity contribution in [1.29, 1.82) is 0 Å². The number of hydrogen-bond donors (Lipinski definition) is 0. The zero-order valence-electron chi connectivity index (χ0n) is 34.0. The Balaban J connectivity index is 0.000000283. The summed E-state index contributed by atoms with van der Waals surface area (Å²) in [5.41, 5.74) is 4.09. The van der Waals surface area contributed by atoms with E-state index in [-0.39, 0.29) is 73.7 Å². The Bertz CT molecular complexity index is 1840. The van der Waals surface area contributed by atoms with E-state index >= 15 is 0 Å². The van der Waals surface area contributed by atoms with Crippen LogP contribution in [0.3, 0.4) is 0 Å². The Kier molecular flexibility index (Phi) is 21.8. The van der Waals surface area contributed by atoms with Crippen molar-refractivity contribution in [1.82, 2.24) is 9.80 Å². The van der Waals surface area contributed by atoms with Gasteiger partial charge in [0.2, 0.25) is 11.8 Å². The van der Waals surface area contributed by atoms with E-state index in [4.69, 9.17) is 75.1 Å². The molecule has 4 aromatic rings. The monoisotopic (exact) mass is 898 g/mol. The highest BCUT2D eigenvalue weighted by Crippen LogP contribution is 2.44. The van der Waals surface area contributed by atoms with E-state index in [1.807, 2.05) is 107 Å². The summed E-state index contributed by atoms with van der Waals surface area (Å²) in [7, 11) is 0. The van der Waals surface area contributed by atoms with Gasteiger partial charge >= 0.3 is 12.3 Å². The maximum atomic E-state index is 12.9. The Morgan fingerprint density at radius 3 is 0.983 bits per heavy atom. The average molecular weight is 901 g/mol. The number of carbonyl (C=O) groups is 2. The smallest absolute Gasteiger partial charge is 0.361 e. The first-order valence-electron chi connectivity index (χ1n) is 19.8. The number of morpholine rings is 2. The van der Waals surface area contributed by atoms with Crippen LogP contribution in [-0.2, 0) is 38.2 Å². The fraction of sp³-hybridized carbons (Fsp3) is 0.391. The topological polar surface area (TPSA) is 127 Å². The van der Waals surface area contributed by atoms with Gasteiger partial charge in [0.15, 0.2) is 0 Å².